The Bertz CT molecular complexity index is 1370. The minimum atomic E-state index is -3.32. The Kier molecular flexibility index (Phi) is 5.40. The summed E-state index contributed by atoms with van der Waals surface area (Å²) in [6.07, 6.45) is 4.89. The van der Waals surface area contributed by atoms with Crippen LogP contribution in [0.4, 0.5) is 10.5 Å². The van der Waals surface area contributed by atoms with Gasteiger partial charge in [-0.3, -0.25) is 4.68 Å². The first kappa shape index (κ1) is 22.8. The van der Waals surface area contributed by atoms with Crippen LogP contribution in [-0.4, -0.2) is 56.6 Å². The van der Waals surface area contributed by atoms with Gasteiger partial charge in [0.2, 0.25) is 11.8 Å². The van der Waals surface area contributed by atoms with Crippen molar-refractivity contribution in [2.24, 2.45) is 13.0 Å². The number of aromatic nitrogens is 5. The van der Waals surface area contributed by atoms with Gasteiger partial charge in [-0.15, -0.1) is 10.2 Å². The van der Waals surface area contributed by atoms with E-state index in [1.54, 1.807) is 41.2 Å². The molecule has 1 N–H and O–H groups in total. The third kappa shape index (κ3) is 4.05. The molecule has 34 heavy (non-hydrogen) atoms. The highest BCUT2D eigenvalue weighted by molar-refractivity contribution is 7.89. The molecule has 11 nitrogen and oxygen atoms in total. The molecule has 3 atom stereocenters. The minimum absolute atomic E-state index is 0.0261. The van der Waals surface area contributed by atoms with Gasteiger partial charge in [-0.2, -0.15) is 5.10 Å². The smallest absolute Gasteiger partial charge is 0.323 e. The number of aryl methyl sites for hydroxylation is 1. The molecule has 3 aromatic rings. The predicted octanol–water partition coefficient (Wildman–Crippen LogP) is 2.99. The molecule has 1 aromatic carbocycles. The summed E-state index contributed by atoms with van der Waals surface area (Å²) in [7, 11) is -1.56. The Hall–Kier alpha value is -2.99. The van der Waals surface area contributed by atoms with E-state index in [4.69, 9.17) is 16.0 Å². The van der Waals surface area contributed by atoms with E-state index in [0.29, 0.717) is 40.9 Å². The molecule has 2 saturated heterocycles. The van der Waals surface area contributed by atoms with E-state index < -0.39 is 15.4 Å². The van der Waals surface area contributed by atoms with Crippen molar-refractivity contribution in [3.63, 3.8) is 0 Å². The standard InChI is InChI=1S/C21H24ClN7O4S/c1-12-6-14-9-21(8-12,19-26-25-17(33-19)10-34(3,31)32)29(14)20(30)24-13-4-5-16(22)15(7-13)18-23-11-28(2)27-18/h4-5,7,11-12,14H,6,8-10H2,1-3H3,(H,24,30). The van der Waals surface area contributed by atoms with Crippen LogP contribution in [0.3, 0.4) is 0 Å². The average Bonchev–Trinajstić information content (AvgIpc) is 3.36. The van der Waals surface area contributed by atoms with Crippen molar-refractivity contribution >= 4 is 33.2 Å². The number of halogens is 1. The summed E-state index contributed by atoms with van der Waals surface area (Å²) in [5, 5.41) is 15.8. The minimum Gasteiger partial charge on any atom is -0.422 e. The maximum atomic E-state index is 13.4. The van der Waals surface area contributed by atoms with Gasteiger partial charge in [0, 0.05) is 37.0 Å². The normalized spacial score (nSPS) is 24.1. The monoisotopic (exact) mass is 505 g/mol. The van der Waals surface area contributed by atoms with Gasteiger partial charge in [-0.1, -0.05) is 18.5 Å². The second kappa shape index (κ2) is 8.05. The van der Waals surface area contributed by atoms with Gasteiger partial charge < -0.3 is 14.6 Å². The van der Waals surface area contributed by atoms with Gasteiger partial charge in [-0.25, -0.2) is 18.2 Å². The lowest BCUT2D eigenvalue weighted by Gasteiger charge is -2.61. The quantitative estimate of drug-likeness (QED) is 0.558. The number of amides is 2. The summed E-state index contributed by atoms with van der Waals surface area (Å²) in [5.74, 6) is 0.776. The molecule has 1 saturated carbocycles. The first-order chi connectivity index (χ1) is 16.0. The second-order valence-electron chi connectivity index (χ2n) is 9.24. The van der Waals surface area contributed by atoms with Gasteiger partial charge >= 0.3 is 6.03 Å². The number of carbonyl (C=O) groups is 1. The largest absolute Gasteiger partial charge is 0.422 e. The highest BCUT2D eigenvalue weighted by atomic mass is 35.5. The van der Waals surface area contributed by atoms with Gasteiger partial charge in [0.25, 0.3) is 0 Å². The van der Waals surface area contributed by atoms with E-state index in [1.807, 2.05) is 0 Å². The number of urea groups is 1. The number of rotatable bonds is 5. The number of anilines is 1. The summed E-state index contributed by atoms with van der Waals surface area (Å²) in [6.45, 7) is 2.12. The number of carbonyl (C=O) groups excluding carboxylic acids is 1. The average molecular weight is 506 g/mol. The SMILES string of the molecule is CC1CC2CC(c3nnc(CS(C)(=O)=O)o3)(C1)N2C(=O)Nc1ccc(Cl)c(-c2ncn(C)n2)c1. The molecule has 0 spiro atoms. The molecular weight excluding hydrogens is 482 g/mol. The molecule has 6 rings (SSSR count). The zero-order chi connectivity index (χ0) is 24.3. The van der Waals surface area contributed by atoms with E-state index in [-0.39, 0.29) is 29.6 Å². The van der Waals surface area contributed by atoms with Crippen LogP contribution < -0.4 is 5.32 Å². The van der Waals surface area contributed by atoms with Crippen LogP contribution in [0.25, 0.3) is 11.4 Å². The zero-order valence-corrected chi connectivity index (χ0v) is 20.5. The maximum absolute atomic E-state index is 13.4. The van der Waals surface area contributed by atoms with Crippen LogP contribution in [0.2, 0.25) is 5.02 Å². The first-order valence-corrected chi connectivity index (χ1v) is 13.2. The molecule has 4 heterocycles. The Labute approximate surface area is 201 Å². The molecule has 2 aromatic heterocycles. The lowest BCUT2D eigenvalue weighted by Crippen LogP contribution is -2.70. The van der Waals surface area contributed by atoms with Crippen molar-refractivity contribution in [3.05, 3.63) is 41.3 Å². The number of sulfone groups is 1. The van der Waals surface area contributed by atoms with Crippen molar-refractivity contribution in [1.29, 1.82) is 0 Å². The van der Waals surface area contributed by atoms with Crippen molar-refractivity contribution in [2.45, 2.75) is 43.5 Å². The molecule has 3 unspecified atom stereocenters. The van der Waals surface area contributed by atoms with Crippen molar-refractivity contribution in [2.75, 3.05) is 11.6 Å². The summed E-state index contributed by atoms with van der Waals surface area (Å²) in [6, 6.07) is 4.87. The molecule has 180 valence electrons. The molecule has 13 heteroatoms. The number of benzene rings is 1. The summed E-state index contributed by atoms with van der Waals surface area (Å²) >= 11 is 6.34. The van der Waals surface area contributed by atoms with Crippen molar-refractivity contribution < 1.29 is 17.6 Å². The number of fused-ring (bicyclic) bond motifs is 2. The summed E-state index contributed by atoms with van der Waals surface area (Å²) in [4.78, 5) is 19.4. The van der Waals surface area contributed by atoms with Gasteiger partial charge in [-0.05, 0) is 37.0 Å². The Morgan fingerprint density at radius 1 is 1.32 bits per heavy atom. The zero-order valence-electron chi connectivity index (χ0n) is 18.9. The Morgan fingerprint density at radius 2 is 2.12 bits per heavy atom. The van der Waals surface area contributed by atoms with Gasteiger partial charge in [0.1, 0.15) is 17.6 Å². The Morgan fingerprint density at radius 3 is 2.82 bits per heavy atom. The number of piperidine rings is 1. The van der Waals surface area contributed by atoms with Crippen molar-refractivity contribution in [3.8, 4) is 11.4 Å². The third-order valence-electron chi connectivity index (χ3n) is 6.29. The first-order valence-electron chi connectivity index (χ1n) is 10.8. The fourth-order valence-corrected chi connectivity index (χ4v) is 5.86. The van der Waals surface area contributed by atoms with E-state index in [0.717, 1.165) is 12.7 Å². The molecule has 2 amide bonds. The predicted molar refractivity (Wildman–Crippen MR) is 124 cm³/mol. The fourth-order valence-electron chi connectivity index (χ4n) is 5.09. The number of hydrogen-bond acceptors (Lipinski definition) is 8. The molecule has 1 aliphatic carbocycles. The molecule has 0 radical (unpaired) electrons. The van der Waals surface area contributed by atoms with Gasteiger partial charge in [0.05, 0.1) is 5.02 Å². The lowest BCUT2D eigenvalue weighted by atomic mass is 9.64. The number of nitrogens with zero attached hydrogens (tertiary/aromatic N) is 6. The Balaban J connectivity index is 1.41. The van der Waals surface area contributed by atoms with Crippen molar-refractivity contribution in [1.82, 2.24) is 29.9 Å². The van der Waals surface area contributed by atoms with E-state index in [1.165, 1.54) is 0 Å². The van der Waals surface area contributed by atoms with Crippen LogP contribution >= 0.6 is 11.6 Å². The number of nitrogens with one attached hydrogen (secondary N) is 1. The van der Waals surface area contributed by atoms with Crippen LogP contribution in [-0.2, 0) is 28.2 Å². The van der Waals surface area contributed by atoms with E-state index in [9.17, 15) is 13.2 Å². The molecule has 3 aliphatic rings. The second-order valence-corrected chi connectivity index (χ2v) is 11.8. The maximum Gasteiger partial charge on any atom is 0.323 e. The highest BCUT2D eigenvalue weighted by Crippen LogP contribution is 2.55. The molecule has 3 fully saturated rings. The molecule has 2 bridgehead atoms. The molecule has 2 aliphatic heterocycles. The van der Waals surface area contributed by atoms with E-state index >= 15 is 0 Å². The van der Waals surface area contributed by atoms with Crippen LogP contribution in [0.1, 0.15) is 38.0 Å². The van der Waals surface area contributed by atoms with Crippen LogP contribution in [0.15, 0.2) is 28.9 Å². The van der Waals surface area contributed by atoms with E-state index in [2.05, 4.69) is 32.5 Å². The fraction of sp³-hybridized carbons (Fsp3) is 0.476. The van der Waals surface area contributed by atoms with Gasteiger partial charge in [0.15, 0.2) is 15.7 Å². The van der Waals surface area contributed by atoms with Crippen LogP contribution in [0, 0.1) is 5.92 Å². The summed E-state index contributed by atoms with van der Waals surface area (Å²) in [5.41, 5.74) is 0.398. The van der Waals surface area contributed by atoms with Crippen LogP contribution in [0.5, 0.6) is 0 Å². The lowest BCUT2D eigenvalue weighted by molar-refractivity contribution is -0.110. The topological polar surface area (TPSA) is 136 Å². The third-order valence-corrected chi connectivity index (χ3v) is 7.39. The molecular formula is C21H24ClN7O4S. The summed E-state index contributed by atoms with van der Waals surface area (Å²) < 4.78 is 30.6. The number of hydrogen-bond donors (Lipinski definition) is 1. The highest BCUT2D eigenvalue weighted by Gasteiger charge is 2.62.